The molecular weight excluding hydrogens is 246 g/mol. The summed E-state index contributed by atoms with van der Waals surface area (Å²) in [6.07, 6.45) is 4.18. The topological polar surface area (TPSA) is 84.2 Å². The highest BCUT2D eigenvalue weighted by molar-refractivity contribution is 6.28. The van der Waals surface area contributed by atoms with Gasteiger partial charge >= 0.3 is 0 Å². The average Bonchev–Trinajstić information content (AvgIpc) is 2.68. The van der Waals surface area contributed by atoms with Gasteiger partial charge in [-0.15, -0.1) is 0 Å². The van der Waals surface area contributed by atoms with Gasteiger partial charge < -0.3 is 10.2 Å². The van der Waals surface area contributed by atoms with E-state index in [-0.39, 0.29) is 5.28 Å². The summed E-state index contributed by atoms with van der Waals surface area (Å²) in [5.41, 5.74) is 0.854. The van der Waals surface area contributed by atoms with Gasteiger partial charge in [-0.3, -0.25) is 10.1 Å². The van der Waals surface area contributed by atoms with Crippen LogP contribution in [-0.4, -0.2) is 32.9 Å². The third-order valence-corrected chi connectivity index (χ3v) is 2.50. The van der Waals surface area contributed by atoms with Crippen molar-refractivity contribution in [1.29, 1.82) is 0 Å². The van der Waals surface area contributed by atoms with Crippen molar-refractivity contribution in [3.05, 3.63) is 45.4 Å². The van der Waals surface area contributed by atoms with E-state index in [4.69, 9.17) is 11.6 Å². The Kier molecular flexibility index (Phi) is 3.38. The molecule has 0 aliphatic carbocycles. The van der Waals surface area contributed by atoms with Crippen LogP contribution in [0.4, 0.5) is 0 Å². The Morgan fingerprint density at radius 2 is 2.29 bits per heavy atom. The number of hydrogen-bond acceptors (Lipinski definition) is 6. The lowest BCUT2D eigenvalue weighted by Crippen LogP contribution is -2.20. The van der Waals surface area contributed by atoms with Gasteiger partial charge in [-0.2, -0.15) is 0 Å². The molecule has 1 fully saturated rings. The van der Waals surface area contributed by atoms with Crippen LogP contribution in [0, 0.1) is 10.1 Å². The lowest BCUT2D eigenvalue weighted by Gasteiger charge is -2.16. The van der Waals surface area contributed by atoms with Crippen LogP contribution in [0.3, 0.4) is 0 Å². The zero-order valence-electron chi connectivity index (χ0n) is 8.84. The van der Waals surface area contributed by atoms with Crippen LogP contribution in [-0.2, 0) is 6.54 Å². The monoisotopic (exact) mass is 255 g/mol. The molecule has 2 rings (SSSR count). The number of nitrogens with zero attached hydrogens (tertiary/aromatic N) is 4. The highest BCUT2D eigenvalue weighted by atomic mass is 35.5. The minimum Gasteiger partial charge on any atom is -0.365 e. The first-order chi connectivity index (χ1) is 8.15. The predicted octanol–water partition coefficient (Wildman–Crippen LogP) is 0.611. The second-order valence-electron chi connectivity index (χ2n) is 3.51. The van der Waals surface area contributed by atoms with Crippen LogP contribution in [0.25, 0.3) is 0 Å². The molecule has 1 aliphatic heterocycles. The molecule has 1 aromatic rings. The maximum absolute atomic E-state index is 10.4. The fourth-order valence-electron chi connectivity index (χ4n) is 1.58. The maximum Gasteiger partial charge on any atom is 0.274 e. The Morgan fingerprint density at radius 3 is 2.94 bits per heavy atom. The molecule has 0 saturated carbocycles. The Labute approximate surface area is 102 Å². The molecule has 1 N–H and O–H groups in total. The molecule has 1 saturated heterocycles. The summed E-state index contributed by atoms with van der Waals surface area (Å²) < 4.78 is 0. The standard InChI is InChI=1S/C9H10ClN5O2/c10-9-12-3-7(4-13-9)5-14-2-1-11-8(14)6-15(16)17/h3-4,6,11H,1-2,5H2. The summed E-state index contributed by atoms with van der Waals surface area (Å²) >= 11 is 5.58. The summed E-state index contributed by atoms with van der Waals surface area (Å²) in [6, 6.07) is 0. The summed E-state index contributed by atoms with van der Waals surface area (Å²) in [7, 11) is 0. The largest absolute Gasteiger partial charge is 0.365 e. The molecule has 8 heteroatoms. The molecule has 17 heavy (non-hydrogen) atoms. The smallest absolute Gasteiger partial charge is 0.274 e. The Bertz CT molecular complexity index is 447. The first kappa shape index (κ1) is 11.6. The van der Waals surface area contributed by atoms with E-state index in [2.05, 4.69) is 15.3 Å². The van der Waals surface area contributed by atoms with Crippen molar-refractivity contribution in [2.24, 2.45) is 0 Å². The second kappa shape index (κ2) is 4.96. The second-order valence-corrected chi connectivity index (χ2v) is 3.85. The number of hydrogen-bond donors (Lipinski definition) is 1. The van der Waals surface area contributed by atoms with Crippen molar-refractivity contribution in [3.63, 3.8) is 0 Å². The third-order valence-electron chi connectivity index (χ3n) is 2.30. The molecule has 0 atom stereocenters. The van der Waals surface area contributed by atoms with Gasteiger partial charge in [0, 0.05) is 37.6 Å². The fourth-order valence-corrected chi connectivity index (χ4v) is 1.68. The molecule has 0 bridgehead atoms. The molecule has 0 spiro atoms. The van der Waals surface area contributed by atoms with Gasteiger partial charge in [0.1, 0.15) is 0 Å². The van der Waals surface area contributed by atoms with E-state index >= 15 is 0 Å². The molecular formula is C9H10ClN5O2. The van der Waals surface area contributed by atoms with Crippen molar-refractivity contribution in [3.8, 4) is 0 Å². The summed E-state index contributed by atoms with van der Waals surface area (Å²) in [5, 5.41) is 13.6. The SMILES string of the molecule is O=[N+]([O-])C=C1NCCN1Cc1cnc(Cl)nc1. The quantitative estimate of drug-likeness (QED) is 0.484. The van der Waals surface area contributed by atoms with Crippen molar-refractivity contribution in [2.45, 2.75) is 6.54 Å². The van der Waals surface area contributed by atoms with Crippen LogP contribution in [0.15, 0.2) is 24.4 Å². The third kappa shape index (κ3) is 3.04. The van der Waals surface area contributed by atoms with Gasteiger partial charge in [0.15, 0.2) is 5.82 Å². The Hall–Kier alpha value is -1.89. The first-order valence-corrected chi connectivity index (χ1v) is 5.33. The van der Waals surface area contributed by atoms with Gasteiger partial charge in [-0.05, 0) is 11.6 Å². The van der Waals surface area contributed by atoms with Gasteiger partial charge in [-0.25, -0.2) is 9.97 Å². The van der Waals surface area contributed by atoms with Crippen molar-refractivity contribution in [1.82, 2.24) is 20.2 Å². The molecule has 0 aromatic carbocycles. The van der Waals surface area contributed by atoms with E-state index in [0.717, 1.165) is 11.8 Å². The molecule has 0 radical (unpaired) electrons. The van der Waals surface area contributed by atoms with E-state index in [1.807, 2.05) is 4.90 Å². The maximum atomic E-state index is 10.4. The minimum atomic E-state index is -0.473. The van der Waals surface area contributed by atoms with Gasteiger partial charge in [0.2, 0.25) is 5.28 Å². The zero-order valence-corrected chi connectivity index (χ0v) is 9.59. The number of rotatable bonds is 3. The van der Waals surface area contributed by atoms with Crippen LogP contribution in [0.5, 0.6) is 0 Å². The van der Waals surface area contributed by atoms with E-state index in [1.165, 1.54) is 0 Å². The lowest BCUT2D eigenvalue weighted by atomic mass is 10.3. The molecule has 0 unspecified atom stereocenters. The molecule has 0 amide bonds. The zero-order chi connectivity index (χ0) is 12.3. The van der Waals surface area contributed by atoms with E-state index in [0.29, 0.717) is 25.5 Å². The summed E-state index contributed by atoms with van der Waals surface area (Å²) in [5.74, 6) is 0.505. The highest BCUT2D eigenvalue weighted by Crippen LogP contribution is 2.12. The summed E-state index contributed by atoms with van der Waals surface area (Å²) in [4.78, 5) is 19.5. The fraction of sp³-hybridized carbons (Fsp3) is 0.333. The first-order valence-electron chi connectivity index (χ1n) is 4.96. The number of nitrogens with one attached hydrogen (secondary N) is 1. The van der Waals surface area contributed by atoms with Gasteiger partial charge in [0.05, 0.1) is 4.92 Å². The van der Waals surface area contributed by atoms with Crippen molar-refractivity contribution in [2.75, 3.05) is 13.1 Å². The molecule has 1 aromatic heterocycles. The van der Waals surface area contributed by atoms with Crippen LogP contribution < -0.4 is 5.32 Å². The minimum absolute atomic E-state index is 0.189. The van der Waals surface area contributed by atoms with Crippen LogP contribution >= 0.6 is 11.6 Å². The van der Waals surface area contributed by atoms with Crippen LogP contribution in [0.2, 0.25) is 5.28 Å². The number of nitro groups is 1. The average molecular weight is 256 g/mol. The normalized spacial score (nSPS) is 17.2. The Balaban J connectivity index is 2.07. The molecule has 2 heterocycles. The number of halogens is 1. The van der Waals surface area contributed by atoms with E-state index < -0.39 is 4.92 Å². The number of aromatic nitrogens is 2. The predicted molar refractivity (Wildman–Crippen MR) is 60.5 cm³/mol. The lowest BCUT2D eigenvalue weighted by molar-refractivity contribution is -0.404. The van der Waals surface area contributed by atoms with Crippen LogP contribution in [0.1, 0.15) is 5.56 Å². The van der Waals surface area contributed by atoms with Crippen molar-refractivity contribution >= 4 is 11.6 Å². The molecule has 1 aliphatic rings. The van der Waals surface area contributed by atoms with Crippen molar-refractivity contribution < 1.29 is 4.92 Å². The molecule has 90 valence electrons. The van der Waals surface area contributed by atoms with Gasteiger partial charge in [0.25, 0.3) is 6.20 Å². The summed E-state index contributed by atoms with van der Waals surface area (Å²) in [6.45, 7) is 1.92. The highest BCUT2D eigenvalue weighted by Gasteiger charge is 2.19. The Morgan fingerprint density at radius 1 is 1.59 bits per heavy atom. The van der Waals surface area contributed by atoms with Gasteiger partial charge in [-0.1, -0.05) is 0 Å². The van der Waals surface area contributed by atoms with E-state index in [9.17, 15) is 10.1 Å². The molecule has 7 nitrogen and oxygen atoms in total. The van der Waals surface area contributed by atoms with E-state index in [1.54, 1.807) is 12.4 Å².